The van der Waals surface area contributed by atoms with Gasteiger partial charge in [0.15, 0.2) is 23.0 Å². The number of fused-ring (bicyclic) bond motifs is 2. The van der Waals surface area contributed by atoms with Gasteiger partial charge in [-0.25, -0.2) is 9.59 Å². The highest BCUT2D eigenvalue weighted by molar-refractivity contribution is 5.84. The smallest absolute Gasteiger partial charge is 0.334 e. The SMILES string of the molecule is COC1=CC(=O)OC(/C=C/c2ccc3c(c2)OCCO3)C1.COC1=CC(=O)OC(CCc2ccc3c(c2)OCCO3)C1. The fourth-order valence-corrected chi connectivity index (χ4v) is 4.77. The number of esters is 2. The first kappa shape index (κ1) is 28.9. The van der Waals surface area contributed by atoms with E-state index in [-0.39, 0.29) is 24.1 Å². The van der Waals surface area contributed by atoms with Gasteiger partial charge in [-0.1, -0.05) is 18.2 Å². The van der Waals surface area contributed by atoms with E-state index in [0.717, 1.165) is 47.0 Å². The van der Waals surface area contributed by atoms with E-state index in [0.29, 0.717) is 50.8 Å². The lowest BCUT2D eigenvalue weighted by Crippen LogP contribution is -2.23. The molecule has 0 bridgehead atoms. The normalized spacial score (nSPS) is 20.7. The minimum absolute atomic E-state index is 0.134. The van der Waals surface area contributed by atoms with Crippen LogP contribution in [-0.4, -0.2) is 64.8 Å². The van der Waals surface area contributed by atoms with Crippen molar-refractivity contribution in [2.24, 2.45) is 0 Å². The van der Waals surface area contributed by atoms with Crippen LogP contribution >= 0.6 is 0 Å². The van der Waals surface area contributed by atoms with Gasteiger partial charge in [-0.15, -0.1) is 0 Å². The molecule has 42 heavy (non-hydrogen) atoms. The van der Waals surface area contributed by atoms with Crippen LogP contribution in [0, 0.1) is 0 Å². The second kappa shape index (κ2) is 13.8. The molecule has 10 heteroatoms. The first-order chi connectivity index (χ1) is 20.5. The number of benzene rings is 2. The highest BCUT2D eigenvalue weighted by Gasteiger charge is 2.23. The van der Waals surface area contributed by atoms with Crippen molar-refractivity contribution in [3.05, 3.63) is 77.3 Å². The lowest BCUT2D eigenvalue weighted by Gasteiger charge is -2.23. The average Bonchev–Trinajstić information content (AvgIpc) is 3.02. The molecule has 4 aliphatic heterocycles. The van der Waals surface area contributed by atoms with E-state index < -0.39 is 0 Å². The molecule has 0 amide bonds. The predicted octanol–water partition coefficient (Wildman–Crippen LogP) is 4.55. The minimum atomic E-state index is -0.380. The van der Waals surface area contributed by atoms with Crippen molar-refractivity contribution in [3.63, 3.8) is 0 Å². The third-order valence-electron chi connectivity index (χ3n) is 6.89. The van der Waals surface area contributed by atoms with Crippen LogP contribution < -0.4 is 18.9 Å². The van der Waals surface area contributed by atoms with Gasteiger partial charge in [0.05, 0.1) is 26.4 Å². The molecular weight excluding hydrogens is 544 g/mol. The van der Waals surface area contributed by atoms with Crippen molar-refractivity contribution >= 4 is 18.0 Å². The fourth-order valence-electron chi connectivity index (χ4n) is 4.77. The maximum absolute atomic E-state index is 11.4. The molecule has 0 saturated heterocycles. The Balaban J connectivity index is 0.000000168. The number of rotatable bonds is 7. The molecule has 222 valence electrons. The van der Waals surface area contributed by atoms with E-state index in [4.69, 9.17) is 37.9 Å². The molecule has 0 radical (unpaired) electrons. The molecule has 0 aromatic heterocycles. The highest BCUT2D eigenvalue weighted by atomic mass is 16.6. The van der Waals surface area contributed by atoms with Gasteiger partial charge in [0.1, 0.15) is 50.2 Å². The number of cyclic esters (lactones) is 2. The maximum atomic E-state index is 11.4. The van der Waals surface area contributed by atoms with Gasteiger partial charge >= 0.3 is 11.9 Å². The molecule has 2 unspecified atom stereocenters. The number of aryl methyl sites for hydroxylation is 1. The Hall–Kier alpha value is -4.60. The lowest BCUT2D eigenvalue weighted by atomic mass is 10.0. The van der Waals surface area contributed by atoms with Crippen LogP contribution in [0.3, 0.4) is 0 Å². The van der Waals surface area contributed by atoms with Crippen molar-refractivity contribution in [1.29, 1.82) is 0 Å². The van der Waals surface area contributed by atoms with Gasteiger partial charge in [0, 0.05) is 12.8 Å². The Kier molecular flexibility index (Phi) is 9.53. The van der Waals surface area contributed by atoms with Gasteiger partial charge in [-0.3, -0.25) is 0 Å². The van der Waals surface area contributed by atoms with E-state index in [1.165, 1.54) is 12.2 Å². The first-order valence-electron chi connectivity index (χ1n) is 13.9. The third-order valence-corrected chi connectivity index (χ3v) is 6.89. The van der Waals surface area contributed by atoms with Gasteiger partial charge in [0.2, 0.25) is 0 Å². The summed E-state index contributed by atoms with van der Waals surface area (Å²) in [6.45, 7) is 2.31. The summed E-state index contributed by atoms with van der Waals surface area (Å²) in [6.07, 6.45) is 8.81. The monoisotopic (exact) mass is 578 g/mol. The summed E-state index contributed by atoms with van der Waals surface area (Å²) < 4.78 is 42.8. The molecule has 10 nitrogen and oxygen atoms in total. The Morgan fingerprint density at radius 2 is 1.33 bits per heavy atom. The van der Waals surface area contributed by atoms with Gasteiger partial charge in [-0.05, 0) is 54.3 Å². The lowest BCUT2D eigenvalue weighted by molar-refractivity contribution is -0.145. The van der Waals surface area contributed by atoms with E-state index in [9.17, 15) is 9.59 Å². The number of carbonyl (C=O) groups excluding carboxylic acids is 2. The Bertz CT molecular complexity index is 1380. The Labute approximate surface area is 244 Å². The number of hydrogen-bond acceptors (Lipinski definition) is 10. The molecule has 4 heterocycles. The molecule has 6 rings (SSSR count). The van der Waals surface area contributed by atoms with Gasteiger partial charge < -0.3 is 37.9 Å². The van der Waals surface area contributed by atoms with Crippen LogP contribution in [0.5, 0.6) is 23.0 Å². The van der Waals surface area contributed by atoms with Crippen LogP contribution in [0.25, 0.3) is 6.08 Å². The molecule has 0 fully saturated rings. The molecule has 2 aromatic rings. The molecule has 0 aliphatic carbocycles. The molecule has 0 saturated carbocycles. The third kappa shape index (κ3) is 7.78. The van der Waals surface area contributed by atoms with Crippen molar-refractivity contribution in [1.82, 2.24) is 0 Å². The summed E-state index contributed by atoms with van der Waals surface area (Å²) >= 11 is 0. The number of hydrogen-bond donors (Lipinski definition) is 0. The summed E-state index contributed by atoms with van der Waals surface area (Å²) in [5, 5.41) is 0. The largest absolute Gasteiger partial charge is 0.501 e. The van der Waals surface area contributed by atoms with Crippen molar-refractivity contribution in [2.45, 2.75) is 37.9 Å². The second-order valence-corrected chi connectivity index (χ2v) is 9.85. The fraction of sp³-hybridized carbons (Fsp3) is 0.375. The van der Waals surface area contributed by atoms with Crippen LogP contribution in [-0.2, 0) is 35.0 Å². The van der Waals surface area contributed by atoms with E-state index in [1.807, 2.05) is 48.6 Å². The van der Waals surface area contributed by atoms with E-state index in [2.05, 4.69) is 0 Å². The first-order valence-corrected chi connectivity index (χ1v) is 13.9. The summed E-state index contributed by atoms with van der Waals surface area (Å²) in [7, 11) is 3.12. The Morgan fingerprint density at radius 1 is 0.738 bits per heavy atom. The summed E-state index contributed by atoms with van der Waals surface area (Å²) in [4.78, 5) is 22.8. The predicted molar refractivity (Wildman–Crippen MR) is 151 cm³/mol. The molecule has 0 spiro atoms. The van der Waals surface area contributed by atoms with Crippen molar-refractivity contribution in [3.8, 4) is 23.0 Å². The number of carbonyl (C=O) groups is 2. The quantitative estimate of drug-likeness (QED) is 0.434. The zero-order chi connectivity index (χ0) is 29.3. The van der Waals surface area contributed by atoms with Crippen LogP contribution in [0.2, 0.25) is 0 Å². The molecular formula is C32H34O10. The second-order valence-electron chi connectivity index (χ2n) is 9.85. The van der Waals surface area contributed by atoms with E-state index >= 15 is 0 Å². The van der Waals surface area contributed by atoms with Gasteiger partial charge in [0.25, 0.3) is 0 Å². The Morgan fingerprint density at radius 3 is 2.02 bits per heavy atom. The zero-order valence-corrected chi connectivity index (χ0v) is 23.7. The summed E-state index contributed by atoms with van der Waals surface area (Å²) in [6, 6.07) is 11.7. The summed E-state index contributed by atoms with van der Waals surface area (Å²) in [5.74, 6) is 3.67. The molecule has 2 aromatic carbocycles. The van der Waals surface area contributed by atoms with Crippen molar-refractivity contribution < 1.29 is 47.5 Å². The van der Waals surface area contributed by atoms with Crippen LogP contribution in [0.15, 0.2) is 66.1 Å². The average molecular weight is 579 g/mol. The number of ether oxygens (including phenoxy) is 8. The number of methoxy groups -OCH3 is 2. The van der Waals surface area contributed by atoms with Crippen molar-refractivity contribution in [2.75, 3.05) is 40.6 Å². The minimum Gasteiger partial charge on any atom is -0.501 e. The van der Waals surface area contributed by atoms with Crippen LogP contribution in [0.1, 0.15) is 30.4 Å². The standard InChI is InChI=1S/C16H18O5.C16H16O5/c2*1-18-13-9-12(21-16(17)10-13)4-2-11-3-5-14-15(8-11)20-7-6-19-14/h3,5,8,10,12H,2,4,6-7,9H2,1H3;2-5,8,10,12H,6-7,9H2,1H3/b;4-2+. The molecule has 0 N–H and O–H groups in total. The van der Waals surface area contributed by atoms with Crippen LogP contribution in [0.4, 0.5) is 0 Å². The highest BCUT2D eigenvalue weighted by Crippen LogP contribution is 2.32. The summed E-state index contributed by atoms with van der Waals surface area (Å²) in [5.41, 5.74) is 2.10. The van der Waals surface area contributed by atoms with Gasteiger partial charge in [-0.2, -0.15) is 0 Å². The maximum Gasteiger partial charge on any atom is 0.334 e. The molecule has 4 aliphatic rings. The molecule has 2 atom stereocenters. The zero-order valence-electron chi connectivity index (χ0n) is 23.7. The van der Waals surface area contributed by atoms with E-state index in [1.54, 1.807) is 14.2 Å². The topological polar surface area (TPSA) is 108 Å².